The van der Waals surface area contributed by atoms with Crippen LogP contribution in [0.3, 0.4) is 0 Å². The summed E-state index contributed by atoms with van der Waals surface area (Å²) in [5.74, 6) is -2.45. The van der Waals surface area contributed by atoms with Gasteiger partial charge in [0.2, 0.25) is 5.91 Å². The van der Waals surface area contributed by atoms with Gasteiger partial charge in [-0.1, -0.05) is 46.4 Å². The van der Waals surface area contributed by atoms with Gasteiger partial charge in [0.1, 0.15) is 18.8 Å². The van der Waals surface area contributed by atoms with Gasteiger partial charge in [0.15, 0.2) is 0 Å². The fourth-order valence-electron chi connectivity index (χ4n) is 4.21. The highest BCUT2D eigenvalue weighted by Crippen LogP contribution is 2.26. The number of carbonyl (C=O) groups excluding carboxylic acids is 3. The minimum absolute atomic E-state index is 0.0925. The quantitative estimate of drug-likeness (QED) is 0.516. The molecule has 1 aromatic heterocycles. The van der Waals surface area contributed by atoms with E-state index in [1.165, 1.54) is 16.8 Å². The molecule has 34 heavy (non-hydrogen) atoms. The number of rotatable bonds is 6. The molecular weight excluding hydrogens is 468 g/mol. The number of fused-ring (bicyclic) bond motifs is 1. The van der Waals surface area contributed by atoms with Gasteiger partial charge in [0, 0.05) is 22.1 Å². The summed E-state index contributed by atoms with van der Waals surface area (Å²) in [5, 5.41) is 0.823. The molecule has 4 rings (SSSR count). The van der Waals surface area contributed by atoms with Crippen molar-refractivity contribution < 1.29 is 23.3 Å². The van der Waals surface area contributed by atoms with Gasteiger partial charge in [-0.3, -0.25) is 14.4 Å². The number of nitrogens with two attached hydrogens (primary N) is 2. The molecule has 1 saturated heterocycles. The maximum Gasteiger partial charge on any atom is 0.275 e. The summed E-state index contributed by atoms with van der Waals surface area (Å²) < 4.78 is 30.8. The highest BCUT2D eigenvalue weighted by Gasteiger charge is 2.48. The van der Waals surface area contributed by atoms with E-state index in [1.807, 2.05) is 0 Å². The number of halogens is 3. The fraction of sp³-hybridized carbons (Fsp3) is 0.261. The van der Waals surface area contributed by atoms with Crippen molar-refractivity contribution in [3.8, 4) is 0 Å². The Balaban J connectivity index is 1.57. The van der Waals surface area contributed by atoms with Crippen molar-refractivity contribution in [1.29, 1.82) is 0 Å². The van der Waals surface area contributed by atoms with Gasteiger partial charge in [-0.15, -0.1) is 0 Å². The normalized spacial score (nSPS) is 20.0. The number of nitrogens with zero attached hydrogens (tertiary/aromatic N) is 3. The number of aromatic nitrogens is 1. The Hall–Kier alpha value is -3.50. The number of benzene rings is 2. The molecule has 0 radical (unpaired) electrons. The minimum atomic E-state index is -1.71. The molecular formula is C23H22ClF2N5O3. The van der Waals surface area contributed by atoms with Crippen LogP contribution in [0.25, 0.3) is 10.9 Å². The van der Waals surface area contributed by atoms with Crippen LogP contribution in [0.2, 0.25) is 5.02 Å². The van der Waals surface area contributed by atoms with Gasteiger partial charge < -0.3 is 20.9 Å². The highest BCUT2D eigenvalue weighted by atomic mass is 35.5. The third-order valence-corrected chi connectivity index (χ3v) is 6.11. The van der Waals surface area contributed by atoms with Gasteiger partial charge in [-0.2, -0.15) is 5.12 Å². The zero-order chi connectivity index (χ0) is 24.6. The van der Waals surface area contributed by atoms with Gasteiger partial charge in [-0.05, 0) is 23.8 Å². The van der Waals surface area contributed by atoms with Crippen molar-refractivity contribution in [3.05, 3.63) is 70.9 Å². The van der Waals surface area contributed by atoms with E-state index in [1.54, 1.807) is 42.5 Å². The largest absolute Gasteiger partial charge is 0.366 e. The van der Waals surface area contributed by atoms with Gasteiger partial charge in [-0.25, -0.2) is 4.39 Å². The third-order valence-electron chi connectivity index (χ3n) is 5.87. The van der Waals surface area contributed by atoms with Crippen molar-refractivity contribution in [2.45, 2.75) is 31.3 Å². The lowest BCUT2D eigenvalue weighted by atomic mass is 10.1. The molecule has 0 aliphatic carbocycles. The van der Waals surface area contributed by atoms with E-state index in [0.717, 1.165) is 4.90 Å². The first-order chi connectivity index (χ1) is 16.2. The number of amides is 3. The average molecular weight is 490 g/mol. The summed E-state index contributed by atoms with van der Waals surface area (Å²) in [7, 11) is 0. The second kappa shape index (κ2) is 9.40. The summed E-state index contributed by atoms with van der Waals surface area (Å²) in [6, 6.07) is 10.2. The Morgan fingerprint density at radius 2 is 1.88 bits per heavy atom. The average Bonchev–Trinajstić information content (AvgIpc) is 3.31. The van der Waals surface area contributed by atoms with Crippen molar-refractivity contribution >= 4 is 40.2 Å². The number of alkyl halides is 1. The van der Waals surface area contributed by atoms with Crippen LogP contribution < -0.4 is 11.5 Å². The number of para-hydroxylation sites is 1. The Morgan fingerprint density at radius 3 is 2.59 bits per heavy atom. The van der Waals surface area contributed by atoms with Crippen LogP contribution in [-0.2, 0) is 22.7 Å². The van der Waals surface area contributed by atoms with Crippen molar-refractivity contribution in [3.63, 3.8) is 0 Å². The molecule has 1 fully saturated rings. The fourth-order valence-corrected chi connectivity index (χ4v) is 4.42. The van der Waals surface area contributed by atoms with Gasteiger partial charge in [0.05, 0.1) is 24.7 Å². The van der Waals surface area contributed by atoms with Crippen LogP contribution in [0.5, 0.6) is 0 Å². The second-order valence-electron chi connectivity index (χ2n) is 8.12. The summed E-state index contributed by atoms with van der Waals surface area (Å²) in [6.07, 6.45) is -0.286. The summed E-state index contributed by atoms with van der Waals surface area (Å²) in [5.41, 5.74) is 12.5. The molecule has 0 saturated carbocycles. The van der Waals surface area contributed by atoms with E-state index in [-0.39, 0.29) is 17.2 Å². The zero-order valence-electron chi connectivity index (χ0n) is 17.9. The van der Waals surface area contributed by atoms with Crippen molar-refractivity contribution in [2.75, 3.05) is 6.54 Å². The van der Waals surface area contributed by atoms with Gasteiger partial charge >= 0.3 is 0 Å². The molecule has 178 valence electrons. The number of hydrogen-bond acceptors (Lipinski definition) is 4. The lowest BCUT2D eigenvalue weighted by Crippen LogP contribution is -2.53. The molecule has 8 nitrogen and oxygen atoms in total. The van der Waals surface area contributed by atoms with Crippen LogP contribution in [-0.4, -0.2) is 57.1 Å². The Labute approximate surface area is 198 Å². The van der Waals surface area contributed by atoms with Crippen LogP contribution in [0.1, 0.15) is 15.9 Å². The molecule has 1 aliphatic rings. The van der Waals surface area contributed by atoms with Crippen molar-refractivity contribution in [1.82, 2.24) is 14.6 Å². The first kappa shape index (κ1) is 23.7. The number of hydrogen-bond donors (Lipinski definition) is 2. The maximum absolute atomic E-state index is 14.8. The van der Waals surface area contributed by atoms with E-state index >= 15 is 0 Å². The van der Waals surface area contributed by atoms with E-state index in [2.05, 4.69) is 0 Å². The summed E-state index contributed by atoms with van der Waals surface area (Å²) >= 11 is 5.90. The lowest BCUT2D eigenvalue weighted by molar-refractivity contribution is -0.157. The number of carbonyl (C=O) groups is 3. The van der Waals surface area contributed by atoms with Crippen molar-refractivity contribution in [2.24, 2.45) is 11.5 Å². The molecule has 0 spiro atoms. The molecule has 3 aromatic rings. The lowest BCUT2D eigenvalue weighted by Gasteiger charge is -2.27. The van der Waals surface area contributed by atoms with E-state index in [0.29, 0.717) is 21.5 Å². The van der Waals surface area contributed by atoms with E-state index in [9.17, 15) is 23.3 Å². The van der Waals surface area contributed by atoms with Crippen LogP contribution >= 0.6 is 11.6 Å². The van der Waals surface area contributed by atoms with Crippen LogP contribution in [0, 0.1) is 0 Å². The zero-order valence-corrected chi connectivity index (χ0v) is 18.7. The molecule has 3 atom stereocenters. The minimum Gasteiger partial charge on any atom is -0.366 e. The second-order valence-corrected chi connectivity index (χ2v) is 8.56. The first-order valence-corrected chi connectivity index (χ1v) is 10.8. The molecule has 0 bridgehead atoms. The standard InChI is InChI=1S/C23H22ClF2N5O3/c24-14-5-3-4-13(8-14)9-31(26)23(34)21-20(27)17(25)11-30(21)19(32)12-29-10-16(22(28)33)15-6-1-2-7-18(15)29/h1-8,10,17,20-21H,9,11-12,27H2,(H2,28,33)/t17-,20+,21-/m0/s1. The third kappa shape index (κ3) is 4.46. The Morgan fingerprint density at radius 1 is 1.15 bits per heavy atom. The summed E-state index contributed by atoms with van der Waals surface area (Å²) in [6.45, 7) is -1.22. The summed E-state index contributed by atoms with van der Waals surface area (Å²) in [4.78, 5) is 38.7. The predicted molar refractivity (Wildman–Crippen MR) is 122 cm³/mol. The van der Waals surface area contributed by atoms with Gasteiger partial charge in [0.25, 0.3) is 11.8 Å². The highest BCUT2D eigenvalue weighted by molar-refractivity contribution is 6.30. The molecule has 1 aliphatic heterocycles. The predicted octanol–water partition coefficient (Wildman–Crippen LogP) is 2.18. The smallest absolute Gasteiger partial charge is 0.275 e. The SMILES string of the molecule is NC(=O)c1cn(CC(=O)N2C[C@H](F)[C@@H](N)[C@H]2C(=O)N(F)Cc2cccc(Cl)c2)c2ccccc12. The molecule has 3 amide bonds. The number of likely N-dealkylation sites (tertiary alicyclic amines) is 1. The number of primary amides is 1. The molecule has 4 N–H and O–H groups in total. The topological polar surface area (TPSA) is 115 Å². The van der Waals surface area contributed by atoms with Crippen LogP contribution in [0.15, 0.2) is 54.7 Å². The Kier molecular flexibility index (Phi) is 6.54. The molecule has 2 heterocycles. The van der Waals surface area contributed by atoms with E-state index in [4.69, 9.17) is 23.1 Å². The Bertz CT molecular complexity index is 1270. The molecule has 2 aromatic carbocycles. The van der Waals surface area contributed by atoms with E-state index < -0.39 is 49.1 Å². The van der Waals surface area contributed by atoms with Crippen LogP contribution in [0.4, 0.5) is 8.87 Å². The monoisotopic (exact) mass is 489 g/mol. The first-order valence-electron chi connectivity index (χ1n) is 10.5. The molecule has 0 unspecified atom stereocenters. The molecule has 11 heteroatoms. The maximum atomic E-state index is 14.8.